The Bertz CT molecular complexity index is 1800. The molecule has 7 rings (SSSR count). The summed E-state index contributed by atoms with van der Waals surface area (Å²) in [7, 11) is 0. The molecule has 0 amide bonds. The number of rotatable bonds is 5. The van der Waals surface area contributed by atoms with Gasteiger partial charge in [0.05, 0.1) is 41.1 Å². The van der Waals surface area contributed by atoms with E-state index in [0.717, 1.165) is 79.9 Å². The van der Waals surface area contributed by atoms with Crippen molar-refractivity contribution in [1.29, 1.82) is 0 Å². The monoisotopic (exact) mass is 518 g/mol. The number of nitrogens with zero attached hydrogens (tertiary/aromatic N) is 4. The third kappa shape index (κ3) is 4.52. The first-order chi connectivity index (χ1) is 19.1. The van der Waals surface area contributed by atoms with E-state index in [-0.39, 0.29) is 11.9 Å². The Kier molecular flexibility index (Phi) is 5.80. The van der Waals surface area contributed by atoms with Crippen LogP contribution in [0.5, 0.6) is 5.75 Å². The van der Waals surface area contributed by atoms with Crippen molar-refractivity contribution in [2.24, 2.45) is 0 Å². The molecular formula is C31H27FN6O. The number of aromatic nitrogens is 6. The lowest BCUT2D eigenvalue weighted by atomic mass is 9.98. The van der Waals surface area contributed by atoms with Crippen LogP contribution in [0.1, 0.15) is 37.7 Å². The van der Waals surface area contributed by atoms with E-state index in [1.54, 1.807) is 18.6 Å². The largest absolute Gasteiger partial charge is 0.489 e. The summed E-state index contributed by atoms with van der Waals surface area (Å²) in [5, 5.41) is 9.54. The topological polar surface area (TPSA) is 92.4 Å². The first-order valence-electron chi connectivity index (χ1n) is 13.3. The lowest BCUT2D eigenvalue weighted by Gasteiger charge is -2.22. The molecule has 0 unspecified atom stereocenters. The molecule has 2 N–H and O–H groups in total. The molecule has 1 aliphatic carbocycles. The van der Waals surface area contributed by atoms with Crippen molar-refractivity contribution in [3.8, 4) is 39.7 Å². The molecule has 0 bridgehead atoms. The molecule has 6 aromatic rings. The highest BCUT2D eigenvalue weighted by molar-refractivity contribution is 6.00. The number of ether oxygens (including phenoxy) is 1. The number of benzene rings is 1. The van der Waals surface area contributed by atoms with E-state index in [1.807, 2.05) is 43.5 Å². The molecule has 1 aromatic carbocycles. The fraction of sp³-hybridized carbons (Fsp3) is 0.226. The Labute approximate surface area is 224 Å². The summed E-state index contributed by atoms with van der Waals surface area (Å²) >= 11 is 0. The van der Waals surface area contributed by atoms with E-state index in [1.165, 1.54) is 31.4 Å². The van der Waals surface area contributed by atoms with E-state index in [9.17, 15) is 4.39 Å². The van der Waals surface area contributed by atoms with Crippen LogP contribution < -0.4 is 4.74 Å². The predicted octanol–water partition coefficient (Wildman–Crippen LogP) is 7.39. The molecule has 5 heterocycles. The van der Waals surface area contributed by atoms with Gasteiger partial charge < -0.3 is 9.72 Å². The zero-order valence-corrected chi connectivity index (χ0v) is 21.5. The number of pyridine rings is 3. The Balaban J connectivity index is 1.26. The van der Waals surface area contributed by atoms with Crippen molar-refractivity contribution in [1.82, 2.24) is 30.1 Å². The zero-order valence-electron chi connectivity index (χ0n) is 21.5. The third-order valence-electron chi connectivity index (χ3n) is 7.43. The minimum atomic E-state index is -0.277. The standard InChI is InChI=1S/C31H27FN6O/c1-18-9-19(11-21(32)10-18)30-24-14-28(36-26(24)7-8-34-30)31-25-13-27(35-17-29(25)37-38-31)20-12-23(16-33-15-20)39-22-5-3-2-4-6-22/h7-17,22,36H,2-6H2,1H3,(H,37,38). The van der Waals surface area contributed by atoms with E-state index in [0.29, 0.717) is 0 Å². The maximum atomic E-state index is 14.2. The lowest BCUT2D eigenvalue weighted by Crippen LogP contribution is -2.19. The van der Waals surface area contributed by atoms with Gasteiger partial charge in [0.25, 0.3) is 0 Å². The Morgan fingerprint density at radius 1 is 0.846 bits per heavy atom. The van der Waals surface area contributed by atoms with Crippen LogP contribution in [0, 0.1) is 12.7 Å². The average molecular weight is 519 g/mol. The third-order valence-corrected chi connectivity index (χ3v) is 7.43. The van der Waals surface area contributed by atoms with Crippen LogP contribution in [0.25, 0.3) is 55.7 Å². The van der Waals surface area contributed by atoms with E-state index >= 15 is 0 Å². The highest BCUT2D eigenvalue weighted by Gasteiger charge is 2.18. The van der Waals surface area contributed by atoms with Crippen LogP contribution in [0.4, 0.5) is 4.39 Å². The second kappa shape index (κ2) is 9.62. The fourth-order valence-electron chi connectivity index (χ4n) is 5.56. The Morgan fingerprint density at radius 2 is 1.72 bits per heavy atom. The highest BCUT2D eigenvalue weighted by atomic mass is 19.1. The number of aryl methyl sites for hydroxylation is 1. The predicted molar refractivity (Wildman–Crippen MR) is 150 cm³/mol. The summed E-state index contributed by atoms with van der Waals surface area (Å²) < 4.78 is 20.4. The molecule has 1 saturated carbocycles. The quantitative estimate of drug-likeness (QED) is 0.248. The Hall–Kier alpha value is -4.59. The van der Waals surface area contributed by atoms with Crippen molar-refractivity contribution in [3.05, 3.63) is 78.6 Å². The lowest BCUT2D eigenvalue weighted by molar-refractivity contribution is 0.154. The number of H-pyrrole nitrogens is 2. The summed E-state index contributed by atoms with van der Waals surface area (Å²) in [4.78, 5) is 17.1. The summed E-state index contributed by atoms with van der Waals surface area (Å²) in [6, 6.07) is 12.9. The smallest absolute Gasteiger partial charge is 0.138 e. The molecule has 0 atom stereocenters. The Morgan fingerprint density at radius 3 is 2.59 bits per heavy atom. The maximum absolute atomic E-state index is 14.2. The van der Waals surface area contributed by atoms with Crippen molar-refractivity contribution in [2.45, 2.75) is 45.1 Å². The molecule has 39 heavy (non-hydrogen) atoms. The van der Waals surface area contributed by atoms with Gasteiger partial charge in [0.15, 0.2) is 0 Å². The first-order valence-corrected chi connectivity index (χ1v) is 13.3. The van der Waals surface area contributed by atoms with Crippen LogP contribution in [-0.2, 0) is 0 Å². The molecule has 0 saturated heterocycles. The summed E-state index contributed by atoms with van der Waals surface area (Å²) in [5.74, 6) is 0.498. The fourth-order valence-corrected chi connectivity index (χ4v) is 5.56. The van der Waals surface area contributed by atoms with Crippen molar-refractivity contribution >= 4 is 21.8 Å². The number of nitrogens with one attached hydrogen (secondary N) is 2. The molecule has 8 heteroatoms. The molecule has 0 radical (unpaired) electrons. The minimum absolute atomic E-state index is 0.254. The summed E-state index contributed by atoms with van der Waals surface area (Å²) in [5.41, 5.74) is 7.33. The van der Waals surface area contributed by atoms with Gasteiger partial charge in [-0.2, -0.15) is 5.10 Å². The van der Waals surface area contributed by atoms with Crippen molar-refractivity contribution < 1.29 is 9.13 Å². The second-order valence-electron chi connectivity index (χ2n) is 10.3. The average Bonchev–Trinajstić information content (AvgIpc) is 3.57. The summed E-state index contributed by atoms with van der Waals surface area (Å²) in [6.45, 7) is 1.88. The van der Waals surface area contributed by atoms with Crippen molar-refractivity contribution in [2.75, 3.05) is 0 Å². The van der Waals surface area contributed by atoms with Crippen LogP contribution >= 0.6 is 0 Å². The number of hydrogen-bond acceptors (Lipinski definition) is 5. The molecular weight excluding hydrogens is 491 g/mol. The molecule has 0 spiro atoms. The second-order valence-corrected chi connectivity index (χ2v) is 10.3. The van der Waals surface area contributed by atoms with Gasteiger partial charge >= 0.3 is 0 Å². The van der Waals surface area contributed by atoms with Crippen LogP contribution in [0.3, 0.4) is 0 Å². The van der Waals surface area contributed by atoms with Crippen LogP contribution in [-0.4, -0.2) is 36.2 Å². The van der Waals surface area contributed by atoms with Gasteiger partial charge in [-0.3, -0.25) is 20.1 Å². The minimum Gasteiger partial charge on any atom is -0.489 e. The van der Waals surface area contributed by atoms with Gasteiger partial charge in [-0.15, -0.1) is 0 Å². The SMILES string of the molecule is Cc1cc(F)cc(-c2nccc3[nH]c(-c4n[nH]c5cnc(-c6cncc(OC7CCCCC7)c6)cc45)cc23)c1. The van der Waals surface area contributed by atoms with Gasteiger partial charge in [0.2, 0.25) is 0 Å². The van der Waals surface area contributed by atoms with Gasteiger partial charge in [-0.1, -0.05) is 6.42 Å². The maximum Gasteiger partial charge on any atom is 0.138 e. The number of aromatic amines is 2. The van der Waals surface area contributed by atoms with Crippen LogP contribution in [0.2, 0.25) is 0 Å². The molecule has 5 aromatic heterocycles. The molecule has 7 nitrogen and oxygen atoms in total. The number of hydrogen-bond donors (Lipinski definition) is 2. The first kappa shape index (κ1) is 23.5. The van der Waals surface area contributed by atoms with Gasteiger partial charge in [-0.25, -0.2) is 4.39 Å². The number of fused-ring (bicyclic) bond motifs is 2. The van der Waals surface area contributed by atoms with Gasteiger partial charge in [0.1, 0.15) is 17.3 Å². The van der Waals surface area contributed by atoms with Gasteiger partial charge in [-0.05, 0) is 80.6 Å². The van der Waals surface area contributed by atoms with E-state index < -0.39 is 0 Å². The van der Waals surface area contributed by atoms with E-state index in [2.05, 4.69) is 30.1 Å². The number of halogens is 1. The van der Waals surface area contributed by atoms with Crippen LogP contribution in [0.15, 0.2) is 67.3 Å². The highest BCUT2D eigenvalue weighted by Crippen LogP contribution is 2.35. The zero-order chi connectivity index (χ0) is 26.3. The molecule has 194 valence electrons. The molecule has 1 fully saturated rings. The van der Waals surface area contributed by atoms with Crippen molar-refractivity contribution in [3.63, 3.8) is 0 Å². The van der Waals surface area contributed by atoms with E-state index in [4.69, 9.17) is 4.74 Å². The van der Waals surface area contributed by atoms with Gasteiger partial charge in [0, 0.05) is 39.8 Å². The normalized spacial score (nSPS) is 14.3. The summed E-state index contributed by atoms with van der Waals surface area (Å²) in [6.07, 6.45) is 13.3. The molecule has 1 aliphatic rings. The molecule has 0 aliphatic heterocycles.